The molecule has 0 saturated carbocycles. The lowest BCUT2D eigenvalue weighted by molar-refractivity contribution is -0.135. The molecule has 2 unspecified atom stereocenters. The largest absolute Gasteiger partial charge is 0.497 e. The molecule has 2 atom stereocenters. The first-order chi connectivity index (χ1) is 11.5. The number of rotatable bonds is 4. The van der Waals surface area contributed by atoms with Gasteiger partial charge in [0.2, 0.25) is 5.91 Å². The third-order valence-electron chi connectivity index (χ3n) is 4.88. The molecule has 0 bridgehead atoms. The zero-order valence-electron chi connectivity index (χ0n) is 14.6. The first-order valence-corrected chi connectivity index (χ1v) is 8.30. The second-order valence-electron chi connectivity index (χ2n) is 6.58. The van der Waals surface area contributed by atoms with Crippen LogP contribution in [-0.4, -0.2) is 31.0 Å². The van der Waals surface area contributed by atoms with Crippen LogP contribution < -0.4 is 10.5 Å². The maximum Gasteiger partial charge on any atom is 0.246 e. The molecule has 2 N–H and O–H groups in total. The standard InChI is InChI=1S/C20H24N2O2.ClH/c1-20(21,17-6-4-3-5-7-17)19(23)22-13-12-16(14-22)15-8-10-18(24-2)11-9-15;/h3-11,16H,12-14,21H2,1-2H3;1H. The molecule has 5 heteroatoms. The van der Waals surface area contributed by atoms with E-state index in [1.807, 2.05) is 47.4 Å². The summed E-state index contributed by atoms with van der Waals surface area (Å²) in [5.41, 5.74) is 7.48. The van der Waals surface area contributed by atoms with Crippen molar-refractivity contribution in [1.29, 1.82) is 0 Å². The van der Waals surface area contributed by atoms with Crippen LogP contribution in [0.3, 0.4) is 0 Å². The van der Waals surface area contributed by atoms with E-state index in [2.05, 4.69) is 12.1 Å². The molecule has 0 aromatic heterocycles. The summed E-state index contributed by atoms with van der Waals surface area (Å²) in [4.78, 5) is 14.8. The molecule has 0 spiro atoms. The number of hydrogen-bond donors (Lipinski definition) is 1. The number of nitrogens with two attached hydrogens (primary N) is 1. The van der Waals surface area contributed by atoms with Crippen LogP contribution in [0.15, 0.2) is 54.6 Å². The van der Waals surface area contributed by atoms with Crippen molar-refractivity contribution in [3.8, 4) is 5.75 Å². The van der Waals surface area contributed by atoms with Crippen LogP contribution in [0.1, 0.15) is 30.4 Å². The van der Waals surface area contributed by atoms with E-state index in [4.69, 9.17) is 10.5 Å². The van der Waals surface area contributed by atoms with Gasteiger partial charge in [-0.15, -0.1) is 12.4 Å². The van der Waals surface area contributed by atoms with Gasteiger partial charge in [-0.1, -0.05) is 42.5 Å². The summed E-state index contributed by atoms with van der Waals surface area (Å²) in [7, 11) is 1.66. The summed E-state index contributed by atoms with van der Waals surface area (Å²) in [6.45, 7) is 3.26. The zero-order chi connectivity index (χ0) is 17.2. The molecule has 1 heterocycles. The predicted octanol–water partition coefficient (Wildman–Crippen LogP) is 3.31. The third-order valence-corrected chi connectivity index (χ3v) is 4.88. The Morgan fingerprint density at radius 3 is 2.40 bits per heavy atom. The number of benzene rings is 2. The van der Waals surface area contributed by atoms with Gasteiger partial charge in [0.15, 0.2) is 0 Å². The summed E-state index contributed by atoms with van der Waals surface area (Å²) in [5.74, 6) is 1.19. The van der Waals surface area contributed by atoms with Gasteiger partial charge in [-0.3, -0.25) is 4.79 Å². The average Bonchev–Trinajstić information content (AvgIpc) is 3.12. The van der Waals surface area contributed by atoms with Gasteiger partial charge in [0, 0.05) is 19.0 Å². The molecule has 3 rings (SSSR count). The van der Waals surface area contributed by atoms with Crippen LogP contribution in [0, 0.1) is 0 Å². The second-order valence-corrected chi connectivity index (χ2v) is 6.58. The van der Waals surface area contributed by atoms with Crippen molar-refractivity contribution in [3.63, 3.8) is 0 Å². The first-order valence-electron chi connectivity index (χ1n) is 8.30. The van der Waals surface area contributed by atoms with E-state index in [1.54, 1.807) is 14.0 Å². The SMILES string of the molecule is COc1ccc(C2CCN(C(=O)C(C)(N)c3ccccc3)C2)cc1.Cl. The van der Waals surface area contributed by atoms with E-state index in [0.717, 1.165) is 24.3 Å². The molecule has 25 heavy (non-hydrogen) atoms. The number of carbonyl (C=O) groups excluding carboxylic acids is 1. The fourth-order valence-corrected chi connectivity index (χ4v) is 3.33. The van der Waals surface area contributed by atoms with Crippen LogP contribution in [0.25, 0.3) is 0 Å². The van der Waals surface area contributed by atoms with Crippen LogP contribution in [0.2, 0.25) is 0 Å². The van der Waals surface area contributed by atoms with Crippen molar-refractivity contribution < 1.29 is 9.53 Å². The smallest absolute Gasteiger partial charge is 0.246 e. The summed E-state index contributed by atoms with van der Waals surface area (Å²) in [5, 5.41) is 0. The molecular weight excluding hydrogens is 336 g/mol. The maximum absolute atomic E-state index is 12.9. The Labute approximate surface area is 155 Å². The molecular formula is C20H25ClN2O2. The monoisotopic (exact) mass is 360 g/mol. The predicted molar refractivity (Wildman–Crippen MR) is 102 cm³/mol. The Bertz CT molecular complexity index is 701. The van der Waals surface area contributed by atoms with Gasteiger partial charge in [0.05, 0.1) is 7.11 Å². The fraction of sp³-hybridized carbons (Fsp3) is 0.350. The fourth-order valence-electron chi connectivity index (χ4n) is 3.33. The normalized spacial score (nSPS) is 19.0. The molecule has 1 saturated heterocycles. The second kappa shape index (κ2) is 7.89. The van der Waals surface area contributed by atoms with Crippen molar-refractivity contribution in [2.75, 3.05) is 20.2 Å². The molecule has 1 aliphatic rings. The minimum absolute atomic E-state index is 0. The van der Waals surface area contributed by atoms with Gasteiger partial charge in [-0.05, 0) is 36.6 Å². The van der Waals surface area contributed by atoms with E-state index >= 15 is 0 Å². The van der Waals surface area contributed by atoms with Crippen molar-refractivity contribution in [2.45, 2.75) is 24.8 Å². The number of nitrogens with zero attached hydrogens (tertiary/aromatic N) is 1. The molecule has 134 valence electrons. The Morgan fingerprint density at radius 2 is 1.80 bits per heavy atom. The van der Waals surface area contributed by atoms with E-state index in [0.29, 0.717) is 12.5 Å². The molecule has 2 aromatic carbocycles. The Hall–Kier alpha value is -2.04. The molecule has 0 radical (unpaired) electrons. The highest BCUT2D eigenvalue weighted by atomic mass is 35.5. The summed E-state index contributed by atoms with van der Waals surface area (Å²) in [6, 6.07) is 17.7. The van der Waals surface area contributed by atoms with E-state index in [9.17, 15) is 4.79 Å². The van der Waals surface area contributed by atoms with Gasteiger partial charge in [-0.2, -0.15) is 0 Å². The van der Waals surface area contributed by atoms with Gasteiger partial charge in [0.1, 0.15) is 11.3 Å². The third kappa shape index (κ3) is 3.97. The van der Waals surface area contributed by atoms with Gasteiger partial charge < -0.3 is 15.4 Å². The van der Waals surface area contributed by atoms with Crippen LogP contribution in [-0.2, 0) is 10.3 Å². The van der Waals surface area contributed by atoms with Crippen molar-refractivity contribution in [1.82, 2.24) is 4.90 Å². The molecule has 1 aliphatic heterocycles. The van der Waals surface area contributed by atoms with Crippen molar-refractivity contribution in [3.05, 3.63) is 65.7 Å². The molecule has 2 aromatic rings. The lowest BCUT2D eigenvalue weighted by atomic mass is 9.91. The van der Waals surface area contributed by atoms with Crippen LogP contribution in [0.4, 0.5) is 0 Å². The number of ether oxygens (including phenoxy) is 1. The van der Waals surface area contributed by atoms with Gasteiger partial charge in [0.25, 0.3) is 0 Å². The average molecular weight is 361 g/mol. The summed E-state index contributed by atoms with van der Waals surface area (Å²) in [6.07, 6.45) is 0.961. The number of hydrogen-bond acceptors (Lipinski definition) is 3. The lowest BCUT2D eigenvalue weighted by Crippen LogP contribution is -2.50. The number of methoxy groups -OCH3 is 1. The molecule has 1 amide bonds. The van der Waals surface area contributed by atoms with E-state index in [1.165, 1.54) is 5.56 Å². The van der Waals surface area contributed by atoms with Crippen molar-refractivity contribution in [2.24, 2.45) is 5.73 Å². The Morgan fingerprint density at radius 1 is 1.16 bits per heavy atom. The lowest BCUT2D eigenvalue weighted by Gasteiger charge is -2.29. The summed E-state index contributed by atoms with van der Waals surface area (Å²) < 4.78 is 5.20. The molecule has 4 nitrogen and oxygen atoms in total. The highest BCUT2D eigenvalue weighted by Crippen LogP contribution is 2.31. The topological polar surface area (TPSA) is 55.6 Å². The number of amides is 1. The quantitative estimate of drug-likeness (QED) is 0.910. The highest BCUT2D eigenvalue weighted by molar-refractivity contribution is 5.87. The summed E-state index contributed by atoms with van der Waals surface area (Å²) >= 11 is 0. The van der Waals surface area contributed by atoms with E-state index < -0.39 is 5.54 Å². The highest BCUT2D eigenvalue weighted by Gasteiger charge is 2.37. The maximum atomic E-state index is 12.9. The number of halogens is 1. The Balaban J connectivity index is 0.00000225. The van der Waals surface area contributed by atoms with Gasteiger partial charge in [-0.25, -0.2) is 0 Å². The molecule has 0 aliphatic carbocycles. The zero-order valence-corrected chi connectivity index (χ0v) is 15.5. The number of likely N-dealkylation sites (tertiary alicyclic amines) is 1. The van der Waals surface area contributed by atoms with Gasteiger partial charge >= 0.3 is 0 Å². The Kier molecular flexibility index (Phi) is 6.09. The van der Waals surface area contributed by atoms with Crippen LogP contribution in [0.5, 0.6) is 5.75 Å². The van der Waals surface area contributed by atoms with E-state index in [-0.39, 0.29) is 18.3 Å². The van der Waals surface area contributed by atoms with Crippen molar-refractivity contribution >= 4 is 18.3 Å². The minimum Gasteiger partial charge on any atom is -0.497 e. The van der Waals surface area contributed by atoms with Crippen LogP contribution >= 0.6 is 12.4 Å². The first kappa shape index (κ1) is 19.3. The minimum atomic E-state index is -0.990. The molecule has 1 fully saturated rings. The number of carbonyl (C=O) groups is 1.